The molecule has 2 heteroatoms. The highest BCUT2D eigenvalue weighted by atomic mass is 79.9. The Morgan fingerprint density at radius 3 is 2.29 bits per heavy atom. The summed E-state index contributed by atoms with van der Waals surface area (Å²) in [4.78, 5) is 0. The molecule has 2 rings (SSSR count). The van der Waals surface area contributed by atoms with E-state index in [1.807, 2.05) is 12.1 Å². The van der Waals surface area contributed by atoms with Gasteiger partial charge in [0.15, 0.2) is 0 Å². The van der Waals surface area contributed by atoms with Crippen LogP contribution in [-0.4, -0.2) is 12.4 Å². The number of halogens is 1. The Morgan fingerprint density at radius 1 is 0.952 bits per heavy atom. The fourth-order valence-electron chi connectivity index (χ4n) is 2.57. The highest BCUT2D eigenvalue weighted by Gasteiger charge is 2.08. The first kappa shape index (κ1) is 16.1. The smallest absolute Gasteiger partial charge is 0.118 e. The van der Waals surface area contributed by atoms with Crippen LogP contribution in [0, 0.1) is 5.92 Å². The number of ether oxygens (including phenoxy) is 1. The number of hydrogen-bond donors (Lipinski definition) is 0. The standard InChI is InChI=1S/C19H23BrO/c1-21-19-12-10-17(11-13-19)14-18(15-20)9-5-8-16-6-3-2-4-7-16/h2-4,6-7,10-13,18H,5,8-9,14-15H2,1H3. The molecule has 1 nitrogen and oxygen atoms in total. The van der Waals surface area contributed by atoms with Crippen molar-refractivity contribution >= 4 is 15.9 Å². The van der Waals surface area contributed by atoms with Gasteiger partial charge in [-0.25, -0.2) is 0 Å². The lowest BCUT2D eigenvalue weighted by Gasteiger charge is -2.14. The quantitative estimate of drug-likeness (QED) is 0.591. The lowest BCUT2D eigenvalue weighted by molar-refractivity contribution is 0.414. The molecule has 0 saturated heterocycles. The minimum absolute atomic E-state index is 0.696. The Labute approximate surface area is 136 Å². The van der Waals surface area contributed by atoms with Crippen LogP contribution < -0.4 is 4.74 Å². The van der Waals surface area contributed by atoms with E-state index in [4.69, 9.17) is 4.74 Å². The maximum Gasteiger partial charge on any atom is 0.118 e. The van der Waals surface area contributed by atoms with Crippen molar-refractivity contribution in [1.82, 2.24) is 0 Å². The van der Waals surface area contributed by atoms with Crippen molar-refractivity contribution in [3.8, 4) is 5.75 Å². The SMILES string of the molecule is COc1ccc(CC(CBr)CCCc2ccccc2)cc1. The molecule has 112 valence electrons. The van der Waals surface area contributed by atoms with Gasteiger partial charge in [0.25, 0.3) is 0 Å². The third-order valence-electron chi connectivity index (χ3n) is 3.82. The van der Waals surface area contributed by atoms with E-state index >= 15 is 0 Å². The molecule has 0 amide bonds. The van der Waals surface area contributed by atoms with Gasteiger partial charge in [0, 0.05) is 5.33 Å². The van der Waals surface area contributed by atoms with E-state index < -0.39 is 0 Å². The first-order valence-electron chi connectivity index (χ1n) is 7.54. The fraction of sp³-hybridized carbons (Fsp3) is 0.368. The lowest BCUT2D eigenvalue weighted by Crippen LogP contribution is -2.07. The predicted molar refractivity (Wildman–Crippen MR) is 93.4 cm³/mol. The fourth-order valence-corrected chi connectivity index (χ4v) is 3.12. The maximum atomic E-state index is 5.21. The first-order chi connectivity index (χ1) is 10.3. The molecular formula is C19H23BrO. The molecule has 1 atom stereocenters. The number of methoxy groups -OCH3 is 1. The third-order valence-corrected chi connectivity index (χ3v) is 4.74. The van der Waals surface area contributed by atoms with Crippen molar-refractivity contribution in [2.45, 2.75) is 25.7 Å². The predicted octanol–water partition coefficient (Wildman–Crippen LogP) is 5.27. The molecule has 0 fully saturated rings. The highest BCUT2D eigenvalue weighted by Crippen LogP contribution is 2.20. The number of alkyl halides is 1. The van der Waals surface area contributed by atoms with Crippen LogP contribution in [0.5, 0.6) is 5.75 Å². The zero-order valence-corrected chi connectivity index (χ0v) is 14.2. The topological polar surface area (TPSA) is 9.23 Å². The Morgan fingerprint density at radius 2 is 1.67 bits per heavy atom. The van der Waals surface area contributed by atoms with Crippen molar-refractivity contribution in [1.29, 1.82) is 0 Å². The van der Waals surface area contributed by atoms with Crippen molar-refractivity contribution < 1.29 is 4.74 Å². The van der Waals surface area contributed by atoms with E-state index in [1.165, 1.54) is 30.4 Å². The largest absolute Gasteiger partial charge is 0.497 e. The Kier molecular flexibility index (Phi) is 6.81. The number of aryl methyl sites for hydroxylation is 1. The molecule has 0 heterocycles. The van der Waals surface area contributed by atoms with Gasteiger partial charge in [-0.3, -0.25) is 0 Å². The van der Waals surface area contributed by atoms with Crippen LogP contribution in [0.4, 0.5) is 0 Å². The summed E-state index contributed by atoms with van der Waals surface area (Å²) in [5.74, 6) is 1.63. The monoisotopic (exact) mass is 346 g/mol. The second-order valence-electron chi connectivity index (χ2n) is 5.45. The van der Waals surface area contributed by atoms with Crippen LogP contribution in [0.25, 0.3) is 0 Å². The van der Waals surface area contributed by atoms with E-state index in [2.05, 4.69) is 58.4 Å². The Bertz CT molecular complexity index is 507. The minimum atomic E-state index is 0.696. The molecule has 0 N–H and O–H groups in total. The van der Waals surface area contributed by atoms with E-state index in [-0.39, 0.29) is 0 Å². The first-order valence-corrected chi connectivity index (χ1v) is 8.67. The second kappa shape index (κ2) is 8.89. The van der Waals surface area contributed by atoms with Gasteiger partial charge >= 0.3 is 0 Å². The van der Waals surface area contributed by atoms with Gasteiger partial charge in [-0.15, -0.1) is 0 Å². The summed E-state index contributed by atoms with van der Waals surface area (Å²) in [5, 5.41) is 1.06. The van der Waals surface area contributed by atoms with Gasteiger partial charge in [-0.2, -0.15) is 0 Å². The molecule has 0 aliphatic carbocycles. The summed E-state index contributed by atoms with van der Waals surface area (Å²) in [5.41, 5.74) is 2.83. The van der Waals surface area contributed by atoms with Crippen LogP contribution in [0.1, 0.15) is 24.0 Å². The molecule has 0 aliphatic heterocycles. The van der Waals surface area contributed by atoms with Crippen molar-refractivity contribution in [2.24, 2.45) is 5.92 Å². The number of rotatable bonds is 8. The van der Waals surface area contributed by atoms with E-state index in [9.17, 15) is 0 Å². The molecule has 0 aliphatic rings. The highest BCUT2D eigenvalue weighted by molar-refractivity contribution is 9.09. The van der Waals surface area contributed by atoms with Gasteiger partial charge < -0.3 is 4.74 Å². The van der Waals surface area contributed by atoms with Crippen molar-refractivity contribution in [3.05, 3.63) is 65.7 Å². The summed E-state index contributed by atoms with van der Waals surface area (Å²) in [7, 11) is 1.71. The van der Waals surface area contributed by atoms with Gasteiger partial charge in [-0.05, 0) is 54.9 Å². The zero-order valence-electron chi connectivity index (χ0n) is 12.6. The van der Waals surface area contributed by atoms with Gasteiger partial charge in [0.05, 0.1) is 7.11 Å². The molecule has 0 spiro atoms. The Hall–Kier alpha value is -1.28. The second-order valence-corrected chi connectivity index (χ2v) is 6.10. The van der Waals surface area contributed by atoms with Crippen LogP contribution in [0.2, 0.25) is 0 Å². The Balaban J connectivity index is 1.79. The average Bonchev–Trinajstić information content (AvgIpc) is 2.55. The molecule has 0 bridgehead atoms. The molecule has 0 radical (unpaired) electrons. The van der Waals surface area contributed by atoms with Crippen LogP contribution >= 0.6 is 15.9 Å². The summed E-state index contributed by atoms with van der Waals surface area (Å²) in [6, 6.07) is 19.2. The molecular weight excluding hydrogens is 324 g/mol. The van der Waals surface area contributed by atoms with Crippen LogP contribution in [-0.2, 0) is 12.8 Å². The lowest BCUT2D eigenvalue weighted by atomic mass is 9.94. The number of hydrogen-bond acceptors (Lipinski definition) is 1. The van der Waals surface area contributed by atoms with Crippen LogP contribution in [0.3, 0.4) is 0 Å². The molecule has 21 heavy (non-hydrogen) atoms. The van der Waals surface area contributed by atoms with E-state index in [0.717, 1.165) is 17.5 Å². The van der Waals surface area contributed by atoms with Crippen molar-refractivity contribution in [2.75, 3.05) is 12.4 Å². The average molecular weight is 347 g/mol. The summed E-state index contributed by atoms with van der Waals surface area (Å²) in [6.45, 7) is 0. The summed E-state index contributed by atoms with van der Waals surface area (Å²) < 4.78 is 5.21. The normalized spacial score (nSPS) is 12.1. The van der Waals surface area contributed by atoms with E-state index in [1.54, 1.807) is 7.11 Å². The summed E-state index contributed by atoms with van der Waals surface area (Å²) >= 11 is 3.66. The van der Waals surface area contributed by atoms with Gasteiger partial charge in [0.1, 0.15) is 5.75 Å². The summed E-state index contributed by atoms with van der Waals surface area (Å²) in [6.07, 6.45) is 4.81. The molecule has 0 saturated carbocycles. The molecule has 2 aromatic rings. The maximum absolute atomic E-state index is 5.21. The molecule has 2 aromatic carbocycles. The number of benzene rings is 2. The third kappa shape index (κ3) is 5.55. The van der Waals surface area contributed by atoms with Crippen molar-refractivity contribution in [3.63, 3.8) is 0 Å². The zero-order chi connectivity index (χ0) is 14.9. The molecule has 1 unspecified atom stereocenters. The van der Waals surface area contributed by atoms with Gasteiger partial charge in [0.2, 0.25) is 0 Å². The minimum Gasteiger partial charge on any atom is -0.497 e. The van der Waals surface area contributed by atoms with Gasteiger partial charge in [-0.1, -0.05) is 58.4 Å². The molecule has 0 aromatic heterocycles. The van der Waals surface area contributed by atoms with E-state index in [0.29, 0.717) is 5.92 Å². The van der Waals surface area contributed by atoms with Crippen LogP contribution in [0.15, 0.2) is 54.6 Å².